The molecule has 0 radical (unpaired) electrons. The van der Waals surface area contributed by atoms with Crippen molar-refractivity contribution in [1.82, 2.24) is 5.32 Å². The zero-order valence-corrected chi connectivity index (χ0v) is 19.0. The molecule has 1 aliphatic carbocycles. The van der Waals surface area contributed by atoms with E-state index in [1.165, 1.54) is 0 Å². The van der Waals surface area contributed by atoms with E-state index in [1.807, 2.05) is 0 Å². The monoisotopic (exact) mass is 477 g/mol. The standard InChI is InChI=1S/C24H25Cl2NO5/c25-18-8-3-15(4-9-18)23(29)27-13-1-2-21(28)17-7-12-22(20(26)14-17)32-19-10-5-16(6-11-19)24(30)31/h3-4,7-9,12,14,16,19H,1-2,5-6,10-11,13H2,(H,27,29)(H,30,31). The van der Waals surface area contributed by atoms with Gasteiger partial charge < -0.3 is 15.2 Å². The van der Waals surface area contributed by atoms with Crippen molar-refractivity contribution in [3.8, 4) is 5.75 Å². The summed E-state index contributed by atoms with van der Waals surface area (Å²) in [7, 11) is 0. The first-order chi connectivity index (χ1) is 15.3. The second-order valence-corrected chi connectivity index (χ2v) is 8.71. The second kappa shape index (κ2) is 11.3. The Morgan fingerprint density at radius 2 is 1.62 bits per heavy atom. The van der Waals surface area contributed by atoms with Crippen LogP contribution in [0.5, 0.6) is 5.75 Å². The van der Waals surface area contributed by atoms with Gasteiger partial charge in [0, 0.05) is 29.1 Å². The molecule has 0 heterocycles. The Morgan fingerprint density at radius 1 is 0.969 bits per heavy atom. The van der Waals surface area contributed by atoms with Gasteiger partial charge in [-0.1, -0.05) is 23.2 Å². The van der Waals surface area contributed by atoms with Crippen molar-refractivity contribution in [2.75, 3.05) is 6.54 Å². The fraction of sp³-hybridized carbons (Fsp3) is 0.375. The number of Topliss-reactive ketones (excluding diaryl/α,β-unsaturated/α-hetero) is 1. The highest BCUT2D eigenvalue weighted by atomic mass is 35.5. The number of hydrogen-bond acceptors (Lipinski definition) is 4. The highest BCUT2D eigenvalue weighted by molar-refractivity contribution is 6.32. The number of carboxylic acid groups (broad SMARTS) is 1. The van der Waals surface area contributed by atoms with Crippen LogP contribution in [0.4, 0.5) is 0 Å². The van der Waals surface area contributed by atoms with E-state index in [4.69, 9.17) is 33.0 Å². The second-order valence-electron chi connectivity index (χ2n) is 7.86. The number of carbonyl (C=O) groups is 3. The molecule has 3 rings (SSSR count). The van der Waals surface area contributed by atoms with Crippen LogP contribution in [-0.2, 0) is 4.79 Å². The molecule has 2 aromatic rings. The van der Waals surface area contributed by atoms with E-state index in [9.17, 15) is 14.4 Å². The minimum Gasteiger partial charge on any atom is -0.489 e. The summed E-state index contributed by atoms with van der Waals surface area (Å²) in [5.41, 5.74) is 1.00. The van der Waals surface area contributed by atoms with Gasteiger partial charge in [0.25, 0.3) is 5.91 Å². The van der Waals surface area contributed by atoms with E-state index in [0.717, 1.165) is 0 Å². The molecule has 0 atom stereocenters. The van der Waals surface area contributed by atoms with Gasteiger partial charge in [-0.15, -0.1) is 0 Å². The lowest BCUT2D eigenvalue weighted by Gasteiger charge is -2.27. The summed E-state index contributed by atoms with van der Waals surface area (Å²) in [6, 6.07) is 11.5. The molecule has 170 valence electrons. The van der Waals surface area contributed by atoms with Gasteiger partial charge in [-0.3, -0.25) is 14.4 Å². The number of amides is 1. The number of ketones is 1. The minimum atomic E-state index is -0.756. The molecule has 2 N–H and O–H groups in total. The number of carbonyl (C=O) groups excluding carboxylic acids is 2. The predicted molar refractivity (Wildman–Crippen MR) is 123 cm³/mol. The third kappa shape index (κ3) is 6.71. The van der Waals surface area contributed by atoms with E-state index in [1.54, 1.807) is 42.5 Å². The van der Waals surface area contributed by atoms with Gasteiger partial charge in [0.2, 0.25) is 0 Å². The first-order valence-corrected chi connectivity index (χ1v) is 11.3. The Bertz CT molecular complexity index is 969. The summed E-state index contributed by atoms with van der Waals surface area (Å²) in [6.45, 7) is 0.376. The van der Waals surface area contributed by atoms with Crippen molar-refractivity contribution in [2.45, 2.75) is 44.6 Å². The summed E-state index contributed by atoms with van der Waals surface area (Å²) >= 11 is 12.1. The largest absolute Gasteiger partial charge is 0.489 e. The van der Waals surface area contributed by atoms with Crippen LogP contribution in [0.2, 0.25) is 10.0 Å². The topological polar surface area (TPSA) is 92.7 Å². The van der Waals surface area contributed by atoms with Gasteiger partial charge in [-0.25, -0.2) is 0 Å². The summed E-state index contributed by atoms with van der Waals surface area (Å²) in [4.78, 5) is 35.6. The van der Waals surface area contributed by atoms with E-state index >= 15 is 0 Å². The lowest BCUT2D eigenvalue weighted by Crippen LogP contribution is -2.27. The van der Waals surface area contributed by atoms with Crippen molar-refractivity contribution in [1.29, 1.82) is 0 Å². The van der Waals surface area contributed by atoms with Crippen molar-refractivity contribution < 1.29 is 24.2 Å². The van der Waals surface area contributed by atoms with Gasteiger partial charge in [0.05, 0.1) is 17.0 Å². The van der Waals surface area contributed by atoms with E-state index in [2.05, 4.69) is 5.32 Å². The fourth-order valence-electron chi connectivity index (χ4n) is 3.68. The van der Waals surface area contributed by atoms with E-state index < -0.39 is 5.97 Å². The van der Waals surface area contributed by atoms with Crippen molar-refractivity contribution >= 4 is 40.9 Å². The number of benzene rings is 2. The smallest absolute Gasteiger partial charge is 0.306 e. The fourth-order valence-corrected chi connectivity index (χ4v) is 4.03. The van der Waals surface area contributed by atoms with E-state index in [-0.39, 0.29) is 30.1 Å². The van der Waals surface area contributed by atoms with Crippen LogP contribution in [-0.4, -0.2) is 35.4 Å². The number of rotatable bonds is 9. The third-order valence-electron chi connectivity index (χ3n) is 5.54. The molecule has 0 bridgehead atoms. The van der Waals surface area contributed by atoms with Crippen LogP contribution < -0.4 is 10.1 Å². The molecule has 0 aliphatic heterocycles. The van der Waals surface area contributed by atoms with Gasteiger partial charge in [-0.05, 0) is 74.6 Å². The molecule has 32 heavy (non-hydrogen) atoms. The Labute approximate surface area is 196 Å². The average Bonchev–Trinajstić information content (AvgIpc) is 2.78. The minimum absolute atomic E-state index is 0.0684. The van der Waals surface area contributed by atoms with Crippen molar-refractivity contribution in [3.63, 3.8) is 0 Å². The Morgan fingerprint density at radius 3 is 2.25 bits per heavy atom. The number of nitrogens with one attached hydrogen (secondary N) is 1. The summed E-state index contributed by atoms with van der Waals surface area (Å²) in [5, 5.41) is 12.8. The maximum absolute atomic E-state index is 12.5. The van der Waals surface area contributed by atoms with Gasteiger partial charge >= 0.3 is 5.97 Å². The Hall–Kier alpha value is -2.57. The normalized spacial score (nSPS) is 18.1. The Kier molecular flexibility index (Phi) is 8.53. The molecule has 1 aliphatic rings. The molecule has 0 unspecified atom stereocenters. The number of aliphatic carboxylic acids is 1. The van der Waals surface area contributed by atoms with Crippen LogP contribution in [0.3, 0.4) is 0 Å². The molecule has 1 amide bonds. The van der Waals surface area contributed by atoms with Gasteiger partial charge in [-0.2, -0.15) is 0 Å². The molecule has 2 aromatic carbocycles. The van der Waals surface area contributed by atoms with Crippen LogP contribution in [0, 0.1) is 5.92 Å². The molecule has 0 aromatic heterocycles. The average molecular weight is 478 g/mol. The maximum atomic E-state index is 12.5. The van der Waals surface area contributed by atoms with Crippen LogP contribution in [0.15, 0.2) is 42.5 Å². The zero-order chi connectivity index (χ0) is 23.1. The maximum Gasteiger partial charge on any atom is 0.306 e. The summed E-state index contributed by atoms with van der Waals surface area (Å²) in [6.07, 6.45) is 3.20. The van der Waals surface area contributed by atoms with Gasteiger partial charge in [0.15, 0.2) is 5.78 Å². The van der Waals surface area contributed by atoms with Crippen LogP contribution in [0.1, 0.15) is 59.2 Å². The predicted octanol–water partition coefficient (Wildman–Crippen LogP) is 5.41. The molecular weight excluding hydrogens is 453 g/mol. The lowest BCUT2D eigenvalue weighted by molar-refractivity contribution is -0.143. The first kappa shape index (κ1) is 24.1. The number of halogens is 2. The molecule has 1 saturated carbocycles. The number of hydrogen-bond donors (Lipinski definition) is 2. The number of ether oxygens (including phenoxy) is 1. The highest BCUT2D eigenvalue weighted by Gasteiger charge is 2.27. The van der Waals surface area contributed by atoms with E-state index in [0.29, 0.717) is 65.6 Å². The highest BCUT2D eigenvalue weighted by Crippen LogP contribution is 2.32. The van der Waals surface area contributed by atoms with Crippen LogP contribution in [0.25, 0.3) is 0 Å². The summed E-state index contributed by atoms with van der Waals surface area (Å²) < 4.78 is 5.93. The molecule has 0 spiro atoms. The quantitative estimate of drug-likeness (QED) is 0.372. The lowest BCUT2D eigenvalue weighted by atomic mass is 9.87. The number of carboxylic acids is 1. The molecular formula is C24H25Cl2NO5. The molecule has 1 fully saturated rings. The first-order valence-electron chi connectivity index (χ1n) is 10.6. The molecule has 0 saturated heterocycles. The summed E-state index contributed by atoms with van der Waals surface area (Å²) in [5.74, 6) is -0.843. The van der Waals surface area contributed by atoms with Crippen molar-refractivity contribution in [2.24, 2.45) is 5.92 Å². The SMILES string of the molecule is O=C(CCCNC(=O)c1ccc(Cl)cc1)c1ccc(OC2CCC(C(=O)O)CC2)c(Cl)c1. The molecule has 6 nitrogen and oxygen atoms in total. The molecule has 8 heteroatoms. The Balaban J connectivity index is 1.44. The van der Waals surface area contributed by atoms with Crippen molar-refractivity contribution in [3.05, 3.63) is 63.6 Å². The zero-order valence-electron chi connectivity index (χ0n) is 17.5. The van der Waals surface area contributed by atoms with Crippen LogP contribution >= 0.6 is 23.2 Å². The van der Waals surface area contributed by atoms with Gasteiger partial charge in [0.1, 0.15) is 5.75 Å². The third-order valence-corrected chi connectivity index (χ3v) is 6.09.